The van der Waals surface area contributed by atoms with Crippen LogP contribution in [0, 0.1) is 6.92 Å². The molecule has 3 aromatic rings. The lowest BCUT2D eigenvalue weighted by Crippen LogP contribution is -2.59. The molecule has 1 saturated heterocycles. The van der Waals surface area contributed by atoms with Crippen LogP contribution in [0.1, 0.15) is 33.7 Å². The van der Waals surface area contributed by atoms with Crippen LogP contribution in [-0.4, -0.2) is 40.5 Å². The highest BCUT2D eigenvalue weighted by atomic mass is 35.5. The van der Waals surface area contributed by atoms with Gasteiger partial charge in [-0.05, 0) is 42.8 Å². The van der Waals surface area contributed by atoms with Gasteiger partial charge in [-0.1, -0.05) is 23.7 Å². The molecule has 37 heavy (non-hydrogen) atoms. The first-order valence-electron chi connectivity index (χ1n) is 11.3. The second-order valence-corrected chi connectivity index (χ2v) is 8.99. The third-order valence-corrected chi connectivity index (χ3v) is 6.06. The van der Waals surface area contributed by atoms with E-state index in [1.54, 1.807) is 31.2 Å². The summed E-state index contributed by atoms with van der Waals surface area (Å²) in [6.07, 6.45) is -1.51. The largest absolute Gasteiger partial charge is 0.418 e. The first-order valence-corrected chi connectivity index (χ1v) is 11.6. The number of anilines is 2. The van der Waals surface area contributed by atoms with Crippen LogP contribution in [0.5, 0.6) is 0 Å². The van der Waals surface area contributed by atoms with Crippen molar-refractivity contribution >= 4 is 34.8 Å². The van der Waals surface area contributed by atoms with Gasteiger partial charge >= 0.3 is 6.18 Å². The summed E-state index contributed by atoms with van der Waals surface area (Å²) >= 11 is 5.73. The molecule has 0 saturated carbocycles. The van der Waals surface area contributed by atoms with E-state index in [-0.39, 0.29) is 29.4 Å². The fourth-order valence-electron chi connectivity index (χ4n) is 3.77. The molecule has 0 spiro atoms. The molecular weight excluding hydrogens is 511 g/mol. The molecule has 2 heterocycles. The smallest absolute Gasteiger partial charge is 0.378 e. The molecule has 1 unspecified atom stereocenters. The number of carbonyl (C=O) groups is 2. The van der Waals surface area contributed by atoms with Crippen LogP contribution in [0.3, 0.4) is 0 Å². The van der Waals surface area contributed by atoms with Crippen molar-refractivity contribution < 1.29 is 27.5 Å². The van der Waals surface area contributed by atoms with E-state index in [2.05, 4.69) is 25.9 Å². The molecule has 2 aromatic carbocycles. The van der Waals surface area contributed by atoms with E-state index in [0.29, 0.717) is 30.1 Å². The molecule has 0 bridgehead atoms. The summed E-state index contributed by atoms with van der Waals surface area (Å²) in [5.74, 6) is -0.385. The Bertz CT molecular complexity index is 1280. The third kappa shape index (κ3) is 6.36. The van der Waals surface area contributed by atoms with Crippen molar-refractivity contribution in [2.75, 3.05) is 18.5 Å². The summed E-state index contributed by atoms with van der Waals surface area (Å²) in [6, 6.07) is 10.0. The van der Waals surface area contributed by atoms with Gasteiger partial charge in [0.05, 0.1) is 23.4 Å². The van der Waals surface area contributed by atoms with Gasteiger partial charge in [0.1, 0.15) is 11.4 Å². The van der Waals surface area contributed by atoms with Crippen LogP contribution in [0.2, 0.25) is 5.02 Å². The molecule has 8 nitrogen and oxygen atoms in total. The number of aryl methyl sites for hydroxylation is 1. The topological polar surface area (TPSA) is 105 Å². The van der Waals surface area contributed by atoms with Gasteiger partial charge in [0.15, 0.2) is 0 Å². The van der Waals surface area contributed by atoms with E-state index < -0.39 is 29.1 Å². The Morgan fingerprint density at radius 2 is 1.81 bits per heavy atom. The average Bonchev–Trinajstić information content (AvgIpc) is 3.34. The number of amides is 2. The molecule has 2 amide bonds. The summed E-state index contributed by atoms with van der Waals surface area (Å²) in [4.78, 5) is 33.7. The maximum atomic E-state index is 13.3. The molecule has 0 radical (unpaired) electrons. The third-order valence-electron chi connectivity index (χ3n) is 5.83. The number of halogens is 4. The van der Waals surface area contributed by atoms with E-state index in [4.69, 9.17) is 16.3 Å². The molecule has 1 atom stereocenters. The van der Waals surface area contributed by atoms with E-state index in [9.17, 15) is 22.8 Å². The van der Waals surface area contributed by atoms with Gasteiger partial charge in [-0.15, -0.1) is 0 Å². The number of carbonyl (C=O) groups excluding carboxylic acids is 2. The Kier molecular flexibility index (Phi) is 7.65. The minimum Gasteiger partial charge on any atom is -0.378 e. The first-order chi connectivity index (χ1) is 17.6. The Labute approximate surface area is 215 Å². The lowest BCUT2D eigenvalue weighted by atomic mass is 9.96. The van der Waals surface area contributed by atoms with Crippen LogP contribution in [0.4, 0.5) is 24.5 Å². The van der Waals surface area contributed by atoms with Gasteiger partial charge < -0.3 is 20.7 Å². The quantitative estimate of drug-likeness (QED) is 0.416. The summed E-state index contributed by atoms with van der Waals surface area (Å²) in [5, 5.41) is 8.29. The van der Waals surface area contributed by atoms with Gasteiger partial charge in [0.2, 0.25) is 5.91 Å². The lowest BCUT2D eigenvalue weighted by Gasteiger charge is -2.27. The number of hydrogen-bond acceptors (Lipinski definition) is 6. The maximum Gasteiger partial charge on any atom is 0.418 e. The molecule has 0 aliphatic carbocycles. The van der Waals surface area contributed by atoms with E-state index in [1.165, 1.54) is 24.5 Å². The van der Waals surface area contributed by atoms with Gasteiger partial charge in [-0.3, -0.25) is 9.59 Å². The molecule has 1 aromatic heterocycles. The predicted molar refractivity (Wildman–Crippen MR) is 130 cm³/mol. The maximum absolute atomic E-state index is 13.3. The van der Waals surface area contributed by atoms with Crippen molar-refractivity contribution in [1.82, 2.24) is 20.6 Å². The standard InChI is InChI=1S/C25H23ClF3N5O3/c1-15-30-12-17(13-31-15)22(35)34-24(8-9-37-14-24)23(36)32-11-16-2-5-19(6-3-16)33-21-7-4-18(26)10-20(21)25(27,28)29/h2-7,10,12-13,33H,8-9,11,14H2,1H3,(H,32,36)(H,34,35). The number of rotatable bonds is 7. The summed E-state index contributed by atoms with van der Waals surface area (Å²) in [7, 11) is 0. The number of hydrogen-bond donors (Lipinski definition) is 3. The highest BCUT2D eigenvalue weighted by molar-refractivity contribution is 6.30. The second-order valence-electron chi connectivity index (χ2n) is 8.55. The van der Waals surface area contributed by atoms with Gasteiger partial charge in [0, 0.05) is 42.7 Å². The SMILES string of the molecule is Cc1ncc(C(=O)NC2(C(=O)NCc3ccc(Nc4ccc(Cl)cc4C(F)(F)F)cc3)CCOC2)cn1. The van der Waals surface area contributed by atoms with Gasteiger partial charge in [-0.2, -0.15) is 13.2 Å². The molecule has 3 N–H and O–H groups in total. The number of nitrogens with one attached hydrogen (secondary N) is 3. The van der Waals surface area contributed by atoms with Crippen LogP contribution in [0.25, 0.3) is 0 Å². The van der Waals surface area contributed by atoms with E-state index >= 15 is 0 Å². The van der Waals surface area contributed by atoms with Gasteiger partial charge in [0.25, 0.3) is 5.91 Å². The highest BCUT2D eigenvalue weighted by Gasteiger charge is 2.43. The van der Waals surface area contributed by atoms with Crippen molar-refractivity contribution in [3.05, 3.63) is 82.4 Å². The van der Waals surface area contributed by atoms with Crippen molar-refractivity contribution in [1.29, 1.82) is 0 Å². The molecule has 194 valence electrons. The van der Waals surface area contributed by atoms with Crippen LogP contribution in [0.15, 0.2) is 54.9 Å². The van der Waals surface area contributed by atoms with Crippen molar-refractivity contribution in [2.45, 2.75) is 31.6 Å². The Hall–Kier alpha value is -3.70. The summed E-state index contributed by atoms with van der Waals surface area (Å²) in [5.41, 5.74) is -0.890. The molecule has 1 aliphatic heterocycles. The zero-order valence-corrected chi connectivity index (χ0v) is 20.4. The molecule has 1 aliphatic rings. The van der Waals surface area contributed by atoms with Crippen molar-refractivity contribution in [3.63, 3.8) is 0 Å². The van der Waals surface area contributed by atoms with Crippen molar-refractivity contribution in [3.8, 4) is 0 Å². The summed E-state index contributed by atoms with van der Waals surface area (Å²) in [6.45, 7) is 2.16. The number of nitrogens with zero attached hydrogens (tertiary/aromatic N) is 2. The van der Waals surface area contributed by atoms with Crippen LogP contribution in [-0.2, 0) is 22.3 Å². The number of benzene rings is 2. The molecule has 1 fully saturated rings. The number of ether oxygens (including phenoxy) is 1. The highest BCUT2D eigenvalue weighted by Crippen LogP contribution is 2.37. The molecule has 12 heteroatoms. The Morgan fingerprint density at radius 1 is 1.11 bits per heavy atom. The fraction of sp³-hybridized carbons (Fsp3) is 0.280. The Balaban J connectivity index is 1.39. The van der Waals surface area contributed by atoms with Crippen LogP contribution >= 0.6 is 11.6 Å². The monoisotopic (exact) mass is 533 g/mol. The lowest BCUT2D eigenvalue weighted by molar-refractivity contribution is -0.137. The normalized spacial score (nSPS) is 17.3. The molecule has 4 rings (SSSR count). The van der Waals surface area contributed by atoms with Crippen LogP contribution < -0.4 is 16.0 Å². The zero-order chi connectivity index (χ0) is 26.6. The predicted octanol–water partition coefficient (Wildman–Crippen LogP) is 4.41. The van der Waals surface area contributed by atoms with E-state index in [1.807, 2.05) is 0 Å². The summed E-state index contributed by atoms with van der Waals surface area (Å²) < 4.78 is 45.4. The van der Waals surface area contributed by atoms with Gasteiger partial charge in [-0.25, -0.2) is 9.97 Å². The Morgan fingerprint density at radius 3 is 2.43 bits per heavy atom. The van der Waals surface area contributed by atoms with Crippen molar-refractivity contribution in [2.24, 2.45) is 0 Å². The zero-order valence-electron chi connectivity index (χ0n) is 19.7. The first kappa shape index (κ1) is 26.4. The van der Waals surface area contributed by atoms with E-state index in [0.717, 1.165) is 6.07 Å². The average molecular weight is 534 g/mol. The fourth-order valence-corrected chi connectivity index (χ4v) is 3.94. The minimum atomic E-state index is -4.57. The second kappa shape index (κ2) is 10.7. The minimum absolute atomic E-state index is 0.0159. The number of aromatic nitrogens is 2. The molecular formula is C25H23ClF3N5O3. The number of alkyl halides is 3.